The highest BCUT2D eigenvalue weighted by molar-refractivity contribution is 7.91. The predicted molar refractivity (Wildman–Crippen MR) is 87.7 cm³/mol. The summed E-state index contributed by atoms with van der Waals surface area (Å²) >= 11 is 0. The van der Waals surface area contributed by atoms with Crippen molar-refractivity contribution in [3.05, 3.63) is 29.8 Å². The summed E-state index contributed by atoms with van der Waals surface area (Å²) in [6, 6.07) is 6.24. The lowest BCUT2D eigenvalue weighted by molar-refractivity contribution is -0.114. The van der Waals surface area contributed by atoms with E-state index in [1.54, 1.807) is 43.4 Å². The highest BCUT2D eigenvalue weighted by Gasteiger charge is 2.36. The fourth-order valence-corrected chi connectivity index (χ4v) is 4.40. The number of rotatable bonds is 4. The van der Waals surface area contributed by atoms with Gasteiger partial charge in [-0.25, -0.2) is 13.4 Å². The molecular formula is C15H21N3O4S. The summed E-state index contributed by atoms with van der Waals surface area (Å²) in [5.74, 6) is -0.436. The minimum Gasteiger partial charge on any atom is -0.326 e. The zero-order chi connectivity index (χ0) is 17.2. The van der Waals surface area contributed by atoms with Crippen molar-refractivity contribution in [2.75, 3.05) is 30.9 Å². The molecule has 0 bridgehead atoms. The number of carbonyl (C=O) groups excluding carboxylic acids is 2. The summed E-state index contributed by atoms with van der Waals surface area (Å²) in [5, 5.41) is 5.71. The Hall–Kier alpha value is -1.93. The lowest BCUT2D eigenvalue weighted by atomic mass is 10.1. The number of hydrogen-bond acceptors (Lipinski definition) is 5. The lowest BCUT2D eigenvalue weighted by Gasteiger charge is -2.33. The molecule has 1 fully saturated rings. The van der Waals surface area contributed by atoms with Crippen LogP contribution in [0.25, 0.3) is 0 Å². The van der Waals surface area contributed by atoms with Crippen LogP contribution in [-0.2, 0) is 14.6 Å². The van der Waals surface area contributed by atoms with Crippen molar-refractivity contribution >= 4 is 27.3 Å². The summed E-state index contributed by atoms with van der Waals surface area (Å²) in [5.41, 5.74) is 0.926. The fraction of sp³-hybridized carbons (Fsp3) is 0.467. The number of benzene rings is 1. The molecule has 0 saturated carbocycles. The van der Waals surface area contributed by atoms with Gasteiger partial charge in [0.2, 0.25) is 5.91 Å². The minimum atomic E-state index is -3.09. The number of amides is 2. The lowest BCUT2D eigenvalue weighted by Crippen LogP contribution is -2.49. The number of sulfone groups is 1. The molecule has 0 aliphatic carbocycles. The molecule has 8 heteroatoms. The number of hydrogen-bond donors (Lipinski definition) is 1. The fourth-order valence-electron chi connectivity index (χ4n) is 2.71. The highest BCUT2D eigenvalue weighted by Crippen LogP contribution is 2.22. The summed E-state index contributed by atoms with van der Waals surface area (Å²) in [6.45, 7) is 1.39. The minimum absolute atomic E-state index is 0.0255. The molecule has 7 nitrogen and oxygen atoms in total. The predicted octanol–water partition coefficient (Wildman–Crippen LogP) is 0.751. The van der Waals surface area contributed by atoms with Gasteiger partial charge in [-0.1, -0.05) is 6.07 Å². The molecule has 0 radical (unpaired) electrons. The van der Waals surface area contributed by atoms with Crippen molar-refractivity contribution in [2.24, 2.45) is 0 Å². The van der Waals surface area contributed by atoms with Gasteiger partial charge in [0.05, 0.1) is 17.5 Å². The molecule has 2 amide bonds. The third-order valence-electron chi connectivity index (χ3n) is 3.62. The quantitative estimate of drug-likeness (QED) is 0.818. The van der Waals surface area contributed by atoms with Gasteiger partial charge in [0.1, 0.15) is 0 Å². The maximum absolute atomic E-state index is 12.8. The Labute approximate surface area is 136 Å². The zero-order valence-corrected chi connectivity index (χ0v) is 14.3. The average molecular weight is 339 g/mol. The van der Waals surface area contributed by atoms with E-state index in [0.29, 0.717) is 17.7 Å². The number of anilines is 1. The van der Waals surface area contributed by atoms with E-state index in [9.17, 15) is 18.0 Å². The third-order valence-corrected chi connectivity index (χ3v) is 5.37. The second kappa shape index (κ2) is 6.67. The number of carbonyl (C=O) groups is 2. The van der Waals surface area contributed by atoms with E-state index in [4.69, 9.17) is 0 Å². The Morgan fingerprint density at radius 2 is 1.96 bits per heavy atom. The van der Waals surface area contributed by atoms with E-state index in [1.807, 2.05) is 0 Å². The van der Waals surface area contributed by atoms with Crippen molar-refractivity contribution < 1.29 is 18.0 Å². The highest BCUT2D eigenvalue weighted by atomic mass is 32.2. The summed E-state index contributed by atoms with van der Waals surface area (Å²) in [7, 11) is 0.326. The van der Waals surface area contributed by atoms with E-state index < -0.39 is 9.84 Å². The summed E-state index contributed by atoms with van der Waals surface area (Å²) < 4.78 is 23.4. The van der Waals surface area contributed by atoms with E-state index in [-0.39, 0.29) is 29.4 Å². The Morgan fingerprint density at radius 3 is 2.48 bits per heavy atom. The first-order valence-electron chi connectivity index (χ1n) is 7.28. The Morgan fingerprint density at radius 1 is 1.26 bits per heavy atom. The van der Waals surface area contributed by atoms with Crippen LogP contribution in [0.2, 0.25) is 0 Å². The monoisotopic (exact) mass is 339 g/mol. The maximum atomic E-state index is 12.8. The van der Waals surface area contributed by atoms with Gasteiger partial charge in [0.15, 0.2) is 9.84 Å². The third kappa shape index (κ3) is 4.29. The maximum Gasteiger partial charge on any atom is 0.268 e. The molecule has 1 heterocycles. The van der Waals surface area contributed by atoms with E-state index in [0.717, 1.165) is 0 Å². The molecule has 126 valence electrons. The molecule has 1 N–H and O–H groups in total. The standard InChI is InChI=1S/C15H21N3O4S/c1-11(19)16-13-6-4-5-12(9-13)15(20)18(17(2)3)14-7-8-23(21,22)10-14/h4-6,9,14H,7-8,10H2,1-3H3,(H,16,19)/t14-/m1/s1. The van der Waals surface area contributed by atoms with Crippen LogP contribution in [0.15, 0.2) is 24.3 Å². The van der Waals surface area contributed by atoms with Gasteiger partial charge in [-0.2, -0.15) is 0 Å². The number of nitrogens with one attached hydrogen (secondary N) is 1. The molecule has 1 atom stereocenters. The van der Waals surface area contributed by atoms with Gasteiger partial charge >= 0.3 is 0 Å². The molecule has 0 spiro atoms. The van der Waals surface area contributed by atoms with E-state index in [2.05, 4.69) is 5.32 Å². The second-order valence-electron chi connectivity index (χ2n) is 5.82. The van der Waals surface area contributed by atoms with Crippen LogP contribution in [0.5, 0.6) is 0 Å². The molecule has 1 saturated heterocycles. The molecule has 1 aromatic rings. The molecule has 1 aliphatic heterocycles. The van der Waals surface area contributed by atoms with Crippen LogP contribution in [0, 0.1) is 0 Å². The largest absolute Gasteiger partial charge is 0.326 e. The van der Waals surface area contributed by atoms with Gasteiger partial charge in [-0.05, 0) is 24.6 Å². The normalized spacial score (nSPS) is 19.6. The molecular weight excluding hydrogens is 318 g/mol. The average Bonchev–Trinajstić information content (AvgIpc) is 2.78. The number of hydrazine groups is 1. The van der Waals surface area contributed by atoms with Crippen LogP contribution in [0.1, 0.15) is 23.7 Å². The van der Waals surface area contributed by atoms with Crippen molar-refractivity contribution in [1.29, 1.82) is 0 Å². The Bertz CT molecular complexity index is 715. The van der Waals surface area contributed by atoms with Crippen LogP contribution in [-0.4, -0.2) is 61.9 Å². The van der Waals surface area contributed by atoms with Gasteiger partial charge in [-0.3, -0.25) is 14.6 Å². The van der Waals surface area contributed by atoms with Crippen molar-refractivity contribution in [3.63, 3.8) is 0 Å². The van der Waals surface area contributed by atoms with Crippen molar-refractivity contribution in [1.82, 2.24) is 10.0 Å². The first-order valence-corrected chi connectivity index (χ1v) is 9.10. The molecule has 0 aromatic heterocycles. The van der Waals surface area contributed by atoms with Crippen molar-refractivity contribution in [3.8, 4) is 0 Å². The summed E-state index contributed by atoms with van der Waals surface area (Å²) in [6.07, 6.45) is 0.428. The van der Waals surface area contributed by atoms with Crippen LogP contribution >= 0.6 is 0 Å². The van der Waals surface area contributed by atoms with Gasteiger partial charge < -0.3 is 5.32 Å². The van der Waals surface area contributed by atoms with Crippen LogP contribution in [0.3, 0.4) is 0 Å². The van der Waals surface area contributed by atoms with Crippen molar-refractivity contribution in [2.45, 2.75) is 19.4 Å². The van der Waals surface area contributed by atoms with E-state index in [1.165, 1.54) is 11.9 Å². The summed E-state index contributed by atoms with van der Waals surface area (Å²) in [4.78, 5) is 23.9. The Kier molecular flexibility index (Phi) is 5.06. The molecule has 1 aliphatic rings. The smallest absolute Gasteiger partial charge is 0.268 e. The van der Waals surface area contributed by atoms with Gasteiger partial charge in [0.25, 0.3) is 5.91 Å². The molecule has 2 rings (SSSR count). The van der Waals surface area contributed by atoms with E-state index >= 15 is 0 Å². The molecule has 0 unspecified atom stereocenters. The SMILES string of the molecule is CC(=O)Nc1cccc(C(=O)N([C@@H]2CCS(=O)(=O)C2)N(C)C)c1. The number of nitrogens with zero attached hydrogens (tertiary/aromatic N) is 2. The molecule has 23 heavy (non-hydrogen) atoms. The Balaban J connectivity index is 2.26. The van der Waals surface area contributed by atoms with Crippen LogP contribution in [0.4, 0.5) is 5.69 Å². The van der Waals surface area contributed by atoms with Crippen LogP contribution < -0.4 is 5.32 Å². The van der Waals surface area contributed by atoms with Gasteiger partial charge in [0, 0.05) is 32.3 Å². The first kappa shape index (κ1) is 17.4. The second-order valence-corrected chi connectivity index (χ2v) is 8.04. The first-order chi connectivity index (χ1) is 10.7. The topological polar surface area (TPSA) is 86.8 Å². The molecule has 1 aromatic carbocycles. The zero-order valence-electron chi connectivity index (χ0n) is 13.4. The van der Waals surface area contributed by atoms with Gasteiger partial charge in [-0.15, -0.1) is 0 Å².